The van der Waals surface area contributed by atoms with E-state index < -0.39 is 12.1 Å². The molecule has 0 saturated carbocycles. The monoisotopic (exact) mass is 327 g/mol. The Morgan fingerprint density at radius 1 is 1.38 bits per heavy atom. The Bertz CT molecular complexity index is 347. The van der Waals surface area contributed by atoms with Gasteiger partial charge in [-0.1, -0.05) is 41.4 Å². The van der Waals surface area contributed by atoms with Crippen molar-refractivity contribution in [2.45, 2.75) is 26.0 Å². The predicted molar refractivity (Wildman–Crippen MR) is 74.2 cm³/mol. The minimum Gasteiger partial charge on any atom is -0.391 e. The molecule has 0 unspecified atom stereocenters. The van der Waals surface area contributed by atoms with Crippen LogP contribution in [-0.2, 0) is 0 Å². The molecule has 0 saturated heterocycles. The molecule has 92 valence electrons. The largest absolute Gasteiger partial charge is 0.391 e. The summed E-state index contributed by atoms with van der Waals surface area (Å²) in [4.78, 5) is 0. The molecule has 0 spiro atoms. The number of halogens is 3. The normalized spacial score (nSPS) is 14.4. The van der Waals surface area contributed by atoms with Crippen molar-refractivity contribution in [3.63, 3.8) is 0 Å². The highest BCUT2D eigenvalue weighted by molar-refractivity contribution is 9.10. The van der Waals surface area contributed by atoms with Crippen molar-refractivity contribution < 1.29 is 5.11 Å². The number of aliphatic hydroxyl groups is 1. The maximum absolute atomic E-state index is 9.87. The van der Waals surface area contributed by atoms with E-state index in [-0.39, 0.29) is 18.3 Å². The molecule has 2 atom stereocenters. The Morgan fingerprint density at radius 2 is 1.94 bits per heavy atom. The van der Waals surface area contributed by atoms with Crippen LogP contribution < -0.4 is 5.73 Å². The van der Waals surface area contributed by atoms with Crippen molar-refractivity contribution >= 4 is 39.9 Å². The molecule has 0 aliphatic heterocycles. The molecule has 1 aromatic carbocycles. The van der Waals surface area contributed by atoms with Crippen molar-refractivity contribution in [1.29, 1.82) is 0 Å². The number of hydrogen-bond acceptors (Lipinski definition) is 2. The molecule has 0 bridgehead atoms. The average molecular weight is 329 g/mol. The van der Waals surface area contributed by atoms with E-state index >= 15 is 0 Å². The van der Waals surface area contributed by atoms with Crippen molar-refractivity contribution in [3.05, 3.63) is 33.3 Å². The summed E-state index contributed by atoms with van der Waals surface area (Å²) >= 11 is 9.29. The summed E-state index contributed by atoms with van der Waals surface area (Å²) in [5, 5.41) is 10.5. The van der Waals surface area contributed by atoms with Gasteiger partial charge in [0.25, 0.3) is 0 Å². The van der Waals surface area contributed by atoms with E-state index in [1.54, 1.807) is 12.1 Å². The van der Waals surface area contributed by atoms with E-state index in [0.717, 1.165) is 10.0 Å². The molecule has 1 rings (SSSR count). The zero-order valence-corrected chi connectivity index (χ0v) is 12.3. The summed E-state index contributed by atoms with van der Waals surface area (Å²) in [6, 6.07) is 4.98. The van der Waals surface area contributed by atoms with Crippen LogP contribution >= 0.6 is 39.9 Å². The number of benzene rings is 1. The Balaban J connectivity index is 0.00000225. The van der Waals surface area contributed by atoms with Gasteiger partial charge in [-0.25, -0.2) is 0 Å². The molecule has 0 aromatic heterocycles. The van der Waals surface area contributed by atoms with Gasteiger partial charge in [-0.05, 0) is 29.7 Å². The molecule has 0 radical (unpaired) electrons. The van der Waals surface area contributed by atoms with Gasteiger partial charge in [0, 0.05) is 9.50 Å². The summed E-state index contributed by atoms with van der Waals surface area (Å²) < 4.78 is 0.874. The summed E-state index contributed by atoms with van der Waals surface area (Å²) in [5.74, 6) is 0.117. The Morgan fingerprint density at radius 3 is 2.44 bits per heavy atom. The van der Waals surface area contributed by atoms with Crippen molar-refractivity contribution in [2.24, 2.45) is 11.7 Å². The minimum atomic E-state index is -0.570. The van der Waals surface area contributed by atoms with E-state index in [1.807, 2.05) is 19.9 Å². The summed E-state index contributed by atoms with van der Waals surface area (Å²) in [7, 11) is 0. The summed E-state index contributed by atoms with van der Waals surface area (Å²) in [5.41, 5.74) is 6.81. The number of nitrogens with two attached hydrogens (primary N) is 1. The van der Waals surface area contributed by atoms with E-state index in [9.17, 15) is 5.11 Å². The van der Waals surface area contributed by atoms with E-state index in [0.29, 0.717) is 5.02 Å². The lowest BCUT2D eigenvalue weighted by molar-refractivity contribution is 0.0977. The van der Waals surface area contributed by atoms with E-state index in [2.05, 4.69) is 15.9 Å². The third-order valence-corrected chi connectivity index (χ3v) is 3.33. The average Bonchev–Trinajstić information content (AvgIpc) is 2.19. The third-order valence-electron chi connectivity index (χ3n) is 2.37. The van der Waals surface area contributed by atoms with Gasteiger partial charge in [0.05, 0.1) is 12.1 Å². The predicted octanol–water partition coefficient (Wildman–Crippen LogP) is 3.54. The molecular weight excluding hydrogens is 313 g/mol. The van der Waals surface area contributed by atoms with Crippen LogP contribution in [0.4, 0.5) is 0 Å². The fourth-order valence-corrected chi connectivity index (χ4v) is 2.06. The zero-order valence-electron chi connectivity index (χ0n) is 9.15. The number of hydrogen-bond donors (Lipinski definition) is 2. The topological polar surface area (TPSA) is 46.2 Å². The molecule has 0 fully saturated rings. The van der Waals surface area contributed by atoms with Gasteiger partial charge in [0.2, 0.25) is 0 Å². The SMILES string of the molecule is CC(C)[C@H](O)[C@H](N)c1cc(Cl)ccc1Br.Cl. The summed E-state index contributed by atoms with van der Waals surface area (Å²) in [6.07, 6.45) is -0.570. The van der Waals surface area contributed by atoms with Gasteiger partial charge in [-0.2, -0.15) is 0 Å². The Kier molecular flexibility index (Phi) is 6.90. The fraction of sp³-hybridized carbons (Fsp3) is 0.455. The van der Waals surface area contributed by atoms with Crippen LogP contribution in [0.3, 0.4) is 0 Å². The first-order chi connectivity index (χ1) is 6.93. The van der Waals surface area contributed by atoms with Crippen LogP contribution in [-0.4, -0.2) is 11.2 Å². The van der Waals surface area contributed by atoms with Crippen molar-refractivity contribution in [2.75, 3.05) is 0 Å². The number of aliphatic hydroxyl groups excluding tert-OH is 1. The molecule has 16 heavy (non-hydrogen) atoms. The quantitative estimate of drug-likeness (QED) is 0.891. The molecular formula is C11H16BrCl2NO. The second-order valence-electron chi connectivity index (χ2n) is 3.93. The van der Waals surface area contributed by atoms with Gasteiger partial charge >= 0.3 is 0 Å². The maximum Gasteiger partial charge on any atom is 0.0756 e. The van der Waals surface area contributed by atoms with Crippen molar-refractivity contribution in [1.82, 2.24) is 0 Å². The smallest absolute Gasteiger partial charge is 0.0756 e. The first kappa shape index (κ1) is 16.2. The second-order valence-corrected chi connectivity index (χ2v) is 5.22. The third kappa shape index (κ3) is 3.90. The lowest BCUT2D eigenvalue weighted by Gasteiger charge is -2.23. The molecule has 0 aliphatic rings. The highest BCUT2D eigenvalue weighted by Gasteiger charge is 2.21. The first-order valence-electron chi connectivity index (χ1n) is 4.82. The van der Waals surface area contributed by atoms with Crippen LogP contribution in [0.2, 0.25) is 5.02 Å². The fourth-order valence-electron chi connectivity index (χ4n) is 1.37. The van der Waals surface area contributed by atoms with Crippen LogP contribution in [0.5, 0.6) is 0 Å². The Hall–Kier alpha value is 0.200. The lowest BCUT2D eigenvalue weighted by Crippen LogP contribution is -2.30. The van der Waals surface area contributed by atoms with Crippen LogP contribution in [0.15, 0.2) is 22.7 Å². The van der Waals surface area contributed by atoms with Crippen LogP contribution in [0.25, 0.3) is 0 Å². The highest BCUT2D eigenvalue weighted by atomic mass is 79.9. The van der Waals surface area contributed by atoms with Crippen LogP contribution in [0, 0.1) is 5.92 Å². The van der Waals surface area contributed by atoms with Crippen molar-refractivity contribution in [3.8, 4) is 0 Å². The molecule has 2 nitrogen and oxygen atoms in total. The van der Waals surface area contributed by atoms with Gasteiger partial charge in [-0.3, -0.25) is 0 Å². The van der Waals surface area contributed by atoms with Gasteiger partial charge in [0.15, 0.2) is 0 Å². The molecule has 5 heteroatoms. The molecule has 0 aliphatic carbocycles. The zero-order chi connectivity index (χ0) is 11.6. The second kappa shape index (κ2) is 6.82. The standard InChI is InChI=1S/C11H15BrClNO.ClH/c1-6(2)11(15)10(14)8-5-7(13)3-4-9(8)12;/h3-6,10-11,15H,14H2,1-2H3;1H/t10-,11+;/m1./s1. The first-order valence-corrected chi connectivity index (χ1v) is 5.99. The van der Waals surface area contributed by atoms with E-state index in [1.165, 1.54) is 0 Å². The van der Waals surface area contributed by atoms with E-state index in [4.69, 9.17) is 17.3 Å². The maximum atomic E-state index is 9.87. The molecule has 3 N–H and O–H groups in total. The van der Waals surface area contributed by atoms with Gasteiger partial charge in [0.1, 0.15) is 0 Å². The summed E-state index contributed by atoms with van der Waals surface area (Å²) in [6.45, 7) is 3.87. The van der Waals surface area contributed by atoms with Gasteiger partial charge < -0.3 is 10.8 Å². The lowest BCUT2D eigenvalue weighted by atomic mass is 9.94. The molecule has 1 aromatic rings. The minimum absolute atomic E-state index is 0. The Labute approximate surface area is 116 Å². The molecule has 0 amide bonds. The number of rotatable bonds is 3. The highest BCUT2D eigenvalue weighted by Crippen LogP contribution is 2.29. The molecule has 0 heterocycles. The van der Waals surface area contributed by atoms with Gasteiger partial charge in [-0.15, -0.1) is 12.4 Å². The van der Waals surface area contributed by atoms with Crippen LogP contribution in [0.1, 0.15) is 25.5 Å².